The number of nitrogens with one attached hydrogen (secondary N) is 1. The van der Waals surface area contributed by atoms with Crippen LogP contribution in [0.25, 0.3) is 11.2 Å². The monoisotopic (exact) mass is 519 g/mol. The summed E-state index contributed by atoms with van der Waals surface area (Å²) in [6.45, 7) is 0.838. The van der Waals surface area contributed by atoms with E-state index >= 15 is 0 Å². The number of alkyl halides is 1. The number of H-pyrrole nitrogens is 1. The van der Waals surface area contributed by atoms with Gasteiger partial charge in [-0.3, -0.25) is 0 Å². The average molecular weight is 520 g/mol. The fourth-order valence-electron chi connectivity index (χ4n) is 3.11. The quantitative estimate of drug-likeness (QED) is 0.0926. The van der Waals surface area contributed by atoms with Crippen molar-refractivity contribution in [3.05, 3.63) is 44.7 Å². The fourth-order valence-corrected chi connectivity index (χ4v) is 5.12. The molecular weight excluding hydrogens is 493 g/mol. The van der Waals surface area contributed by atoms with Crippen molar-refractivity contribution in [2.45, 2.75) is 26.0 Å². The Kier molecular flexibility index (Phi) is 8.94. The minimum atomic E-state index is -3.57. The Morgan fingerprint density at radius 2 is 2.24 bits per heavy atom. The summed E-state index contributed by atoms with van der Waals surface area (Å²) < 4.78 is 19.9. The van der Waals surface area contributed by atoms with Crippen molar-refractivity contribution < 1.29 is 23.5 Å². The third-order valence-corrected chi connectivity index (χ3v) is 7.88. The van der Waals surface area contributed by atoms with E-state index in [-0.39, 0.29) is 36.8 Å². The molecule has 0 saturated heterocycles. The molecule has 0 fully saturated rings. The van der Waals surface area contributed by atoms with Crippen LogP contribution in [0.1, 0.15) is 18.6 Å². The first-order valence-corrected chi connectivity index (χ1v) is 12.9. The summed E-state index contributed by atoms with van der Waals surface area (Å²) in [5.41, 5.74) is 5.66. The zero-order valence-electron chi connectivity index (χ0n) is 18.5. The standard InChI is InChI=1S/C18H27ClN7O7P/c1-24(7-3-2-6-19)34(30,32-10-13-4-5-14(33-13)26(28)29)12-31-9-8-25-11-21-15-16(25)22-18(20)23-17(15)27/h4-5,11,30,34H,2-3,6-10,12H2,1H3,(H3,20,22,23,27). The van der Waals surface area contributed by atoms with Gasteiger partial charge in [0.25, 0.3) is 0 Å². The maximum atomic E-state index is 11.9. The van der Waals surface area contributed by atoms with Crippen LogP contribution in [0.2, 0.25) is 0 Å². The number of halogens is 1. The van der Waals surface area contributed by atoms with Gasteiger partial charge in [0.05, 0.1) is 0 Å². The Hall–Kier alpha value is -2.61. The van der Waals surface area contributed by atoms with Crippen LogP contribution in [0.15, 0.2) is 27.7 Å². The molecular formula is C18H27ClN7O7P. The third-order valence-electron chi connectivity index (χ3n) is 5.01. The molecule has 188 valence electrons. The number of unbranched alkanes of at least 4 members (excludes halogenated alkanes) is 1. The number of anilines is 1. The van der Waals surface area contributed by atoms with Gasteiger partial charge in [0.15, 0.2) is 0 Å². The molecule has 0 aliphatic heterocycles. The van der Waals surface area contributed by atoms with Crippen molar-refractivity contribution in [3.8, 4) is 0 Å². The van der Waals surface area contributed by atoms with Gasteiger partial charge >= 0.3 is 199 Å². The van der Waals surface area contributed by atoms with Gasteiger partial charge in [-0.25, -0.2) is 0 Å². The molecule has 16 heteroatoms. The van der Waals surface area contributed by atoms with Gasteiger partial charge in [-0.1, -0.05) is 0 Å². The molecule has 0 unspecified atom stereocenters. The van der Waals surface area contributed by atoms with Crippen LogP contribution >= 0.6 is 19.5 Å². The normalized spacial score (nSPS) is 12.6. The van der Waals surface area contributed by atoms with Gasteiger partial charge < -0.3 is 0 Å². The molecule has 0 aliphatic carbocycles. The molecule has 3 rings (SSSR count). The van der Waals surface area contributed by atoms with E-state index in [1.54, 1.807) is 16.3 Å². The molecule has 0 atom stereocenters. The molecule has 14 nitrogen and oxygen atoms in total. The first-order chi connectivity index (χ1) is 16.2. The number of aromatic nitrogens is 4. The number of imidazole rings is 1. The van der Waals surface area contributed by atoms with E-state index in [1.165, 1.54) is 18.5 Å². The van der Waals surface area contributed by atoms with Crippen molar-refractivity contribution in [2.75, 3.05) is 38.2 Å². The van der Waals surface area contributed by atoms with Crippen LogP contribution in [0, 0.1) is 10.1 Å². The first-order valence-electron chi connectivity index (χ1n) is 10.4. The number of nitrogens with two attached hydrogens (primary N) is 1. The number of aromatic amines is 1. The predicted molar refractivity (Wildman–Crippen MR) is 127 cm³/mol. The van der Waals surface area contributed by atoms with Crippen molar-refractivity contribution in [3.63, 3.8) is 0 Å². The predicted octanol–water partition coefficient (Wildman–Crippen LogP) is 1.83. The summed E-state index contributed by atoms with van der Waals surface area (Å²) in [6.07, 6.45) is 2.87. The molecule has 0 bridgehead atoms. The van der Waals surface area contributed by atoms with E-state index < -0.39 is 24.2 Å². The maximum absolute atomic E-state index is 11.9. The summed E-state index contributed by atoms with van der Waals surface area (Å²) in [5, 5.41) is 10.8. The van der Waals surface area contributed by atoms with Crippen LogP contribution in [-0.4, -0.2) is 66.4 Å². The third kappa shape index (κ3) is 6.50. The summed E-state index contributed by atoms with van der Waals surface area (Å²) in [6, 6.07) is 2.65. The molecule has 0 spiro atoms. The van der Waals surface area contributed by atoms with Gasteiger partial charge in [-0.15, -0.1) is 0 Å². The molecule has 4 N–H and O–H groups in total. The number of nitrogens with zero attached hydrogens (tertiary/aromatic N) is 5. The molecule has 3 heterocycles. The number of fused-ring (bicyclic) bond motifs is 1. The van der Waals surface area contributed by atoms with Crippen molar-refractivity contribution in [2.24, 2.45) is 0 Å². The van der Waals surface area contributed by atoms with E-state index in [0.29, 0.717) is 24.6 Å². The number of hydrogen-bond donors (Lipinski definition) is 3. The number of ether oxygens (including phenoxy) is 1. The molecule has 34 heavy (non-hydrogen) atoms. The molecule has 3 aromatic heterocycles. The van der Waals surface area contributed by atoms with Gasteiger partial charge in [0.2, 0.25) is 0 Å². The molecule has 0 aliphatic rings. The van der Waals surface area contributed by atoms with Gasteiger partial charge in [-0.05, 0) is 0 Å². The fraction of sp³-hybridized carbons (Fsp3) is 0.500. The summed E-state index contributed by atoms with van der Waals surface area (Å²) >= 11 is 5.75. The van der Waals surface area contributed by atoms with Crippen LogP contribution in [-0.2, 0) is 22.4 Å². The van der Waals surface area contributed by atoms with Crippen molar-refractivity contribution >= 4 is 42.5 Å². The van der Waals surface area contributed by atoms with Crippen LogP contribution in [0.3, 0.4) is 0 Å². The van der Waals surface area contributed by atoms with Gasteiger partial charge in [-0.2, -0.15) is 0 Å². The minimum absolute atomic E-state index is 0.0212. The number of nitrogen functional groups attached to an aromatic ring is 1. The molecule has 0 amide bonds. The van der Waals surface area contributed by atoms with E-state index in [0.717, 1.165) is 12.8 Å². The zero-order chi connectivity index (χ0) is 24.7. The summed E-state index contributed by atoms with van der Waals surface area (Å²) in [4.78, 5) is 43.9. The Bertz CT molecular complexity index is 1170. The van der Waals surface area contributed by atoms with Crippen LogP contribution in [0.4, 0.5) is 11.8 Å². The molecule has 0 saturated carbocycles. The molecule has 3 aromatic rings. The van der Waals surface area contributed by atoms with E-state index in [2.05, 4.69) is 15.0 Å². The Morgan fingerprint density at radius 3 is 2.94 bits per heavy atom. The second-order valence-electron chi connectivity index (χ2n) is 7.46. The Morgan fingerprint density at radius 1 is 1.44 bits per heavy atom. The van der Waals surface area contributed by atoms with Crippen molar-refractivity contribution in [1.29, 1.82) is 0 Å². The average Bonchev–Trinajstić information content (AvgIpc) is 3.43. The molecule has 0 radical (unpaired) electrons. The number of rotatable bonds is 14. The number of furan rings is 1. The van der Waals surface area contributed by atoms with Crippen LogP contribution in [0.5, 0.6) is 0 Å². The van der Waals surface area contributed by atoms with Gasteiger partial charge in [0, 0.05) is 0 Å². The van der Waals surface area contributed by atoms with E-state index in [1.807, 2.05) is 0 Å². The Balaban J connectivity index is 1.62. The van der Waals surface area contributed by atoms with Gasteiger partial charge in [0.1, 0.15) is 0 Å². The summed E-state index contributed by atoms with van der Waals surface area (Å²) in [5.74, 6) is 0.287. The Labute approximate surface area is 199 Å². The first kappa shape index (κ1) is 26.0. The zero-order valence-corrected chi connectivity index (χ0v) is 20.2. The SMILES string of the molecule is CN(CCCCCl)[PH](O)(COCCn1cnc2c(=O)[nH]c(N)nc21)OCc1ccc([N+](=O)[O-])o1. The number of nitro groups is 1. The second-order valence-corrected chi connectivity index (χ2v) is 10.7. The topological polar surface area (TPSA) is 188 Å². The number of hydrogen-bond acceptors (Lipinski definition) is 11. The molecule has 0 aromatic carbocycles. The van der Waals surface area contributed by atoms with E-state index in [9.17, 15) is 19.8 Å². The van der Waals surface area contributed by atoms with Crippen molar-refractivity contribution in [1.82, 2.24) is 24.2 Å². The summed E-state index contributed by atoms with van der Waals surface area (Å²) in [7, 11) is -1.86. The van der Waals surface area contributed by atoms with Crippen LogP contribution < -0.4 is 11.3 Å². The van der Waals surface area contributed by atoms with E-state index in [4.69, 9.17) is 31.0 Å². The second kappa shape index (κ2) is 11.7.